The quantitative estimate of drug-likeness (QED) is 0.630. The molecule has 0 spiro atoms. The van der Waals surface area contributed by atoms with Gasteiger partial charge in [-0.3, -0.25) is 9.69 Å². The third-order valence-electron chi connectivity index (χ3n) is 4.79. The molecule has 1 unspecified atom stereocenters. The number of benzene rings is 2. The Kier molecular flexibility index (Phi) is 6.21. The van der Waals surface area contributed by atoms with Crippen molar-refractivity contribution in [2.24, 2.45) is 0 Å². The lowest BCUT2D eigenvalue weighted by atomic mass is 10.2. The summed E-state index contributed by atoms with van der Waals surface area (Å²) in [5.41, 5.74) is 2.80. The SMILES string of the molecule is CC(C(=O)N(C)Cc1cccc(F)c1)N(C)Cc1cnn(-c2ccccc2)c1. The molecule has 0 radical (unpaired) electrons. The summed E-state index contributed by atoms with van der Waals surface area (Å²) in [6, 6.07) is 15.9. The molecule has 0 bridgehead atoms. The van der Waals surface area contributed by atoms with Crippen molar-refractivity contribution in [1.82, 2.24) is 19.6 Å². The zero-order valence-electron chi connectivity index (χ0n) is 16.4. The maximum Gasteiger partial charge on any atom is 0.239 e. The van der Waals surface area contributed by atoms with Crippen molar-refractivity contribution in [3.05, 3.63) is 83.9 Å². The molecule has 1 atom stereocenters. The Morgan fingerprint density at radius 1 is 1.07 bits per heavy atom. The average molecular weight is 380 g/mol. The zero-order valence-corrected chi connectivity index (χ0v) is 16.4. The van der Waals surface area contributed by atoms with Crippen LogP contribution in [0.2, 0.25) is 0 Å². The van der Waals surface area contributed by atoms with Gasteiger partial charge in [-0.15, -0.1) is 0 Å². The second-order valence-electron chi connectivity index (χ2n) is 7.04. The van der Waals surface area contributed by atoms with E-state index in [2.05, 4.69) is 5.10 Å². The molecule has 28 heavy (non-hydrogen) atoms. The normalized spacial score (nSPS) is 12.2. The Bertz CT molecular complexity index is 925. The summed E-state index contributed by atoms with van der Waals surface area (Å²) in [7, 11) is 3.66. The summed E-state index contributed by atoms with van der Waals surface area (Å²) in [6.07, 6.45) is 3.79. The number of carbonyl (C=O) groups is 1. The van der Waals surface area contributed by atoms with E-state index >= 15 is 0 Å². The number of halogens is 1. The van der Waals surface area contributed by atoms with Crippen molar-refractivity contribution in [2.45, 2.75) is 26.1 Å². The Hall–Kier alpha value is -2.99. The molecule has 0 fully saturated rings. The van der Waals surface area contributed by atoms with Gasteiger partial charge in [-0.2, -0.15) is 5.10 Å². The highest BCUT2D eigenvalue weighted by molar-refractivity contribution is 5.81. The van der Waals surface area contributed by atoms with Gasteiger partial charge in [0.2, 0.25) is 5.91 Å². The van der Waals surface area contributed by atoms with E-state index in [1.807, 2.05) is 72.3 Å². The molecule has 146 valence electrons. The molecule has 1 amide bonds. The summed E-state index contributed by atoms with van der Waals surface area (Å²) in [4.78, 5) is 16.4. The lowest BCUT2D eigenvalue weighted by molar-refractivity contribution is -0.135. The van der Waals surface area contributed by atoms with Crippen LogP contribution in [0.3, 0.4) is 0 Å². The number of hydrogen-bond acceptors (Lipinski definition) is 3. The van der Waals surface area contributed by atoms with Crippen molar-refractivity contribution >= 4 is 5.91 Å². The molecule has 0 aliphatic heterocycles. The van der Waals surface area contributed by atoms with Crippen LogP contribution < -0.4 is 0 Å². The van der Waals surface area contributed by atoms with Gasteiger partial charge in [0.05, 0.1) is 17.9 Å². The Morgan fingerprint density at radius 3 is 2.54 bits per heavy atom. The van der Waals surface area contributed by atoms with Gasteiger partial charge >= 0.3 is 0 Å². The largest absolute Gasteiger partial charge is 0.340 e. The molecule has 6 heteroatoms. The molecule has 2 aromatic carbocycles. The van der Waals surface area contributed by atoms with E-state index in [-0.39, 0.29) is 17.8 Å². The number of hydrogen-bond donors (Lipinski definition) is 0. The Balaban J connectivity index is 1.60. The van der Waals surface area contributed by atoms with Gasteiger partial charge in [0.15, 0.2) is 0 Å². The maximum absolute atomic E-state index is 13.4. The number of rotatable bonds is 7. The number of nitrogens with zero attached hydrogens (tertiary/aromatic N) is 4. The van der Waals surface area contributed by atoms with Gasteiger partial charge < -0.3 is 4.90 Å². The van der Waals surface area contributed by atoms with Crippen molar-refractivity contribution in [3.8, 4) is 5.69 Å². The summed E-state index contributed by atoms with van der Waals surface area (Å²) in [6.45, 7) is 2.86. The van der Waals surface area contributed by atoms with E-state index in [0.717, 1.165) is 16.8 Å². The molecule has 0 N–H and O–H groups in total. The second-order valence-corrected chi connectivity index (χ2v) is 7.04. The van der Waals surface area contributed by atoms with Crippen LogP contribution in [-0.2, 0) is 17.9 Å². The molecule has 0 saturated carbocycles. The number of likely N-dealkylation sites (N-methyl/N-ethyl adjacent to an activating group) is 2. The van der Waals surface area contributed by atoms with Crippen molar-refractivity contribution in [1.29, 1.82) is 0 Å². The van der Waals surface area contributed by atoms with Crippen LogP contribution in [0.15, 0.2) is 67.0 Å². The number of para-hydroxylation sites is 1. The van der Waals surface area contributed by atoms with Gasteiger partial charge in [-0.1, -0.05) is 30.3 Å². The fourth-order valence-corrected chi connectivity index (χ4v) is 3.08. The molecule has 3 rings (SSSR count). The van der Waals surface area contributed by atoms with Gasteiger partial charge in [0, 0.05) is 31.9 Å². The zero-order chi connectivity index (χ0) is 20.1. The molecule has 5 nitrogen and oxygen atoms in total. The van der Waals surface area contributed by atoms with Crippen molar-refractivity contribution < 1.29 is 9.18 Å². The van der Waals surface area contributed by atoms with Crippen LogP contribution in [0.5, 0.6) is 0 Å². The average Bonchev–Trinajstić information content (AvgIpc) is 3.16. The number of amides is 1. The molecule has 0 aliphatic rings. The highest BCUT2D eigenvalue weighted by Gasteiger charge is 2.22. The standard InChI is InChI=1S/C22H25FN4O/c1-17(22(28)26(3)14-18-8-7-9-20(23)12-18)25(2)15-19-13-24-27(16-19)21-10-5-4-6-11-21/h4-13,16-17H,14-15H2,1-3H3. The predicted molar refractivity (Wildman–Crippen MR) is 107 cm³/mol. The first-order valence-corrected chi connectivity index (χ1v) is 9.22. The minimum Gasteiger partial charge on any atom is -0.340 e. The number of carbonyl (C=O) groups excluding carboxylic acids is 1. The minimum atomic E-state index is -0.307. The predicted octanol–water partition coefficient (Wildman–Crippen LogP) is 3.49. The second kappa shape index (κ2) is 8.80. The Labute approximate surface area is 165 Å². The maximum atomic E-state index is 13.4. The molecule has 1 aromatic heterocycles. The lowest BCUT2D eigenvalue weighted by Crippen LogP contribution is -2.43. The topological polar surface area (TPSA) is 41.4 Å². The first-order valence-electron chi connectivity index (χ1n) is 9.22. The van der Waals surface area contributed by atoms with Gasteiger partial charge in [0.25, 0.3) is 0 Å². The van der Waals surface area contributed by atoms with Gasteiger partial charge in [-0.25, -0.2) is 9.07 Å². The van der Waals surface area contributed by atoms with E-state index < -0.39 is 0 Å². The fraction of sp³-hybridized carbons (Fsp3) is 0.273. The van der Waals surface area contributed by atoms with Crippen molar-refractivity contribution in [2.75, 3.05) is 14.1 Å². The van der Waals surface area contributed by atoms with Crippen LogP contribution in [0.25, 0.3) is 5.69 Å². The molecule has 3 aromatic rings. The fourth-order valence-electron chi connectivity index (χ4n) is 3.08. The highest BCUT2D eigenvalue weighted by Crippen LogP contribution is 2.13. The summed E-state index contributed by atoms with van der Waals surface area (Å²) in [5, 5.41) is 4.40. The molecular formula is C22H25FN4O. The lowest BCUT2D eigenvalue weighted by Gasteiger charge is -2.28. The first kappa shape index (κ1) is 19.8. The highest BCUT2D eigenvalue weighted by atomic mass is 19.1. The van der Waals surface area contributed by atoms with Crippen LogP contribution in [0.1, 0.15) is 18.1 Å². The molecule has 1 heterocycles. The molecule has 0 aliphatic carbocycles. The van der Waals surface area contributed by atoms with Crippen LogP contribution in [0.4, 0.5) is 4.39 Å². The van der Waals surface area contributed by atoms with Crippen molar-refractivity contribution in [3.63, 3.8) is 0 Å². The molecular weight excluding hydrogens is 355 g/mol. The Morgan fingerprint density at radius 2 is 1.82 bits per heavy atom. The van der Waals surface area contributed by atoms with Gasteiger partial charge in [0.1, 0.15) is 5.82 Å². The number of aromatic nitrogens is 2. The van der Waals surface area contributed by atoms with E-state index in [9.17, 15) is 9.18 Å². The minimum absolute atomic E-state index is 0.0118. The molecule has 0 saturated heterocycles. The van der Waals surface area contributed by atoms with E-state index in [0.29, 0.717) is 13.1 Å². The summed E-state index contributed by atoms with van der Waals surface area (Å²) in [5.74, 6) is -0.304. The summed E-state index contributed by atoms with van der Waals surface area (Å²) >= 11 is 0. The third kappa shape index (κ3) is 4.84. The smallest absolute Gasteiger partial charge is 0.239 e. The summed E-state index contributed by atoms with van der Waals surface area (Å²) < 4.78 is 15.2. The van der Waals surface area contributed by atoms with E-state index in [4.69, 9.17) is 0 Å². The third-order valence-corrected chi connectivity index (χ3v) is 4.79. The monoisotopic (exact) mass is 380 g/mol. The first-order chi connectivity index (χ1) is 13.4. The van der Waals surface area contributed by atoms with Gasteiger partial charge in [-0.05, 0) is 43.8 Å². The van der Waals surface area contributed by atoms with Crippen LogP contribution >= 0.6 is 0 Å². The van der Waals surface area contributed by atoms with Crippen LogP contribution in [0, 0.1) is 5.82 Å². The van der Waals surface area contributed by atoms with E-state index in [1.165, 1.54) is 12.1 Å². The van der Waals surface area contributed by atoms with E-state index in [1.54, 1.807) is 18.0 Å². The van der Waals surface area contributed by atoms with Crippen LogP contribution in [-0.4, -0.2) is 45.6 Å².